The van der Waals surface area contributed by atoms with Gasteiger partial charge in [-0.25, -0.2) is 8.78 Å². The fraction of sp³-hybridized carbons (Fsp3) is 0.583. The van der Waals surface area contributed by atoms with Crippen LogP contribution in [0.4, 0.5) is 8.78 Å². The Morgan fingerprint density at radius 3 is 2.55 bits per heavy atom. The number of carboxylic acid groups (broad SMARTS) is 1. The molecule has 112 valence electrons. The lowest BCUT2D eigenvalue weighted by Crippen LogP contribution is -2.37. The van der Waals surface area contributed by atoms with Crippen molar-refractivity contribution in [3.8, 4) is 0 Å². The highest BCUT2D eigenvalue weighted by molar-refractivity contribution is 5.92. The number of aromatic amines is 1. The number of rotatable bonds is 7. The molecule has 0 saturated carbocycles. The quantitative estimate of drug-likeness (QED) is 0.715. The third kappa shape index (κ3) is 4.94. The maximum Gasteiger partial charge on any atom is 0.305 e. The second kappa shape index (κ2) is 6.97. The molecule has 0 aromatic carbocycles. The Morgan fingerprint density at radius 1 is 1.45 bits per heavy atom. The van der Waals surface area contributed by atoms with E-state index in [2.05, 4.69) is 15.5 Å². The summed E-state index contributed by atoms with van der Waals surface area (Å²) < 4.78 is 24.7. The molecule has 0 spiro atoms. The number of carboxylic acids is 1. The predicted molar refractivity (Wildman–Crippen MR) is 66.5 cm³/mol. The fourth-order valence-electron chi connectivity index (χ4n) is 1.80. The molecule has 1 amide bonds. The highest BCUT2D eigenvalue weighted by atomic mass is 19.3. The first-order valence-corrected chi connectivity index (χ1v) is 6.15. The first-order chi connectivity index (χ1) is 9.29. The second-order valence-corrected chi connectivity index (χ2v) is 4.91. The third-order valence-corrected chi connectivity index (χ3v) is 2.58. The van der Waals surface area contributed by atoms with Gasteiger partial charge in [0.05, 0.1) is 6.42 Å². The summed E-state index contributed by atoms with van der Waals surface area (Å²) in [7, 11) is 0. The molecule has 8 heteroatoms. The van der Waals surface area contributed by atoms with Gasteiger partial charge in [-0.3, -0.25) is 14.7 Å². The summed E-state index contributed by atoms with van der Waals surface area (Å²) in [5.74, 6) is -1.51. The molecule has 0 saturated heterocycles. The summed E-state index contributed by atoms with van der Waals surface area (Å²) in [6, 6.07) is 0.388. The second-order valence-electron chi connectivity index (χ2n) is 4.91. The summed E-state index contributed by atoms with van der Waals surface area (Å²) in [6.07, 6.45) is -2.49. The van der Waals surface area contributed by atoms with Crippen LogP contribution in [0, 0.1) is 5.92 Å². The average molecular weight is 289 g/mol. The van der Waals surface area contributed by atoms with Gasteiger partial charge < -0.3 is 10.4 Å². The van der Waals surface area contributed by atoms with Crippen molar-refractivity contribution < 1.29 is 23.5 Å². The number of carbonyl (C=O) groups excluding carboxylic acids is 1. The lowest BCUT2D eigenvalue weighted by molar-refractivity contribution is -0.137. The molecule has 0 radical (unpaired) electrons. The molecule has 0 aliphatic rings. The summed E-state index contributed by atoms with van der Waals surface area (Å²) in [6.45, 7) is 3.79. The van der Waals surface area contributed by atoms with Gasteiger partial charge in [0.15, 0.2) is 0 Å². The number of alkyl halides is 2. The molecule has 0 aliphatic heterocycles. The average Bonchev–Trinajstić information content (AvgIpc) is 2.75. The number of halogens is 2. The monoisotopic (exact) mass is 289 g/mol. The molecule has 3 N–H and O–H groups in total. The molecule has 1 aromatic rings. The van der Waals surface area contributed by atoms with Crippen molar-refractivity contribution in [1.82, 2.24) is 15.5 Å². The van der Waals surface area contributed by atoms with Crippen LogP contribution >= 0.6 is 0 Å². The first kappa shape index (κ1) is 16.1. The smallest absolute Gasteiger partial charge is 0.305 e. The van der Waals surface area contributed by atoms with E-state index in [0.29, 0.717) is 6.42 Å². The molecular formula is C12H17F2N3O3. The molecule has 0 bridgehead atoms. The van der Waals surface area contributed by atoms with Crippen molar-refractivity contribution in [3.63, 3.8) is 0 Å². The van der Waals surface area contributed by atoms with Gasteiger partial charge in [-0.1, -0.05) is 13.8 Å². The number of H-pyrrole nitrogens is 1. The number of hydrogen-bond donors (Lipinski definition) is 3. The number of nitrogens with one attached hydrogen (secondary N) is 2. The number of aliphatic carboxylic acids is 1. The molecule has 1 atom stereocenters. The Hall–Kier alpha value is -1.99. The zero-order chi connectivity index (χ0) is 15.3. The summed E-state index contributed by atoms with van der Waals surface area (Å²) in [5.41, 5.74) is -0.631. The molecule has 20 heavy (non-hydrogen) atoms. The SMILES string of the molecule is CC(C)CC(CC(=O)O)NC(=O)c1cc(C(F)F)[nH]n1. The van der Waals surface area contributed by atoms with Crippen LogP contribution in [0.1, 0.15) is 49.3 Å². The number of hydrogen-bond acceptors (Lipinski definition) is 3. The Morgan fingerprint density at radius 2 is 2.10 bits per heavy atom. The van der Waals surface area contributed by atoms with E-state index in [4.69, 9.17) is 5.11 Å². The van der Waals surface area contributed by atoms with Crippen molar-refractivity contribution in [3.05, 3.63) is 17.5 Å². The molecule has 1 heterocycles. The fourth-order valence-corrected chi connectivity index (χ4v) is 1.80. The highest BCUT2D eigenvalue weighted by Gasteiger charge is 2.21. The van der Waals surface area contributed by atoms with Gasteiger partial charge in [0.25, 0.3) is 12.3 Å². The van der Waals surface area contributed by atoms with Gasteiger partial charge in [-0.15, -0.1) is 0 Å². The van der Waals surface area contributed by atoms with Crippen molar-refractivity contribution in [2.45, 2.75) is 39.2 Å². The van der Waals surface area contributed by atoms with Crippen LogP contribution in [0.5, 0.6) is 0 Å². The Balaban J connectivity index is 2.70. The highest BCUT2D eigenvalue weighted by Crippen LogP contribution is 2.16. The summed E-state index contributed by atoms with van der Waals surface area (Å²) in [5, 5.41) is 16.8. The first-order valence-electron chi connectivity index (χ1n) is 6.15. The molecule has 1 aromatic heterocycles. The Kier molecular flexibility index (Phi) is 5.60. The van der Waals surface area contributed by atoms with E-state index < -0.39 is 30.0 Å². The van der Waals surface area contributed by atoms with Crippen LogP contribution in [-0.2, 0) is 4.79 Å². The Bertz CT molecular complexity index is 474. The number of aromatic nitrogens is 2. The topological polar surface area (TPSA) is 95.1 Å². The lowest BCUT2D eigenvalue weighted by atomic mass is 10.0. The normalized spacial score (nSPS) is 12.7. The van der Waals surface area contributed by atoms with Gasteiger partial charge in [0, 0.05) is 6.04 Å². The standard InChI is InChI=1S/C12H17F2N3O3/c1-6(2)3-7(4-10(18)19)15-12(20)9-5-8(11(13)14)16-17-9/h5-7,11H,3-4H2,1-2H3,(H,15,20)(H,16,17)(H,18,19). The van der Waals surface area contributed by atoms with E-state index in [1.165, 1.54) is 0 Å². The van der Waals surface area contributed by atoms with Crippen LogP contribution < -0.4 is 5.32 Å². The minimum Gasteiger partial charge on any atom is -0.481 e. The molecule has 0 fully saturated rings. The van der Waals surface area contributed by atoms with E-state index in [0.717, 1.165) is 6.07 Å². The van der Waals surface area contributed by atoms with E-state index in [1.807, 2.05) is 13.8 Å². The van der Waals surface area contributed by atoms with Crippen LogP contribution in [0.25, 0.3) is 0 Å². The van der Waals surface area contributed by atoms with Crippen molar-refractivity contribution in [1.29, 1.82) is 0 Å². The van der Waals surface area contributed by atoms with Crippen LogP contribution in [0.2, 0.25) is 0 Å². The molecule has 1 rings (SSSR count). The number of nitrogens with zero attached hydrogens (tertiary/aromatic N) is 1. The minimum atomic E-state index is -2.74. The van der Waals surface area contributed by atoms with E-state index >= 15 is 0 Å². The lowest BCUT2D eigenvalue weighted by Gasteiger charge is -2.18. The summed E-state index contributed by atoms with van der Waals surface area (Å²) >= 11 is 0. The van der Waals surface area contributed by atoms with E-state index in [9.17, 15) is 18.4 Å². The molecule has 0 aliphatic carbocycles. The predicted octanol–water partition coefficient (Wildman–Crippen LogP) is 1.97. The maximum absolute atomic E-state index is 12.4. The van der Waals surface area contributed by atoms with Crippen LogP contribution in [0.15, 0.2) is 6.07 Å². The van der Waals surface area contributed by atoms with E-state index in [1.54, 1.807) is 0 Å². The third-order valence-electron chi connectivity index (χ3n) is 2.58. The van der Waals surface area contributed by atoms with Gasteiger partial charge in [-0.2, -0.15) is 5.10 Å². The van der Waals surface area contributed by atoms with Gasteiger partial charge in [0.1, 0.15) is 11.4 Å². The number of carbonyl (C=O) groups is 2. The van der Waals surface area contributed by atoms with E-state index in [-0.39, 0.29) is 18.0 Å². The van der Waals surface area contributed by atoms with Crippen LogP contribution in [0.3, 0.4) is 0 Å². The van der Waals surface area contributed by atoms with Crippen molar-refractivity contribution in [2.75, 3.05) is 0 Å². The molecule has 6 nitrogen and oxygen atoms in total. The maximum atomic E-state index is 12.4. The Labute approximate surface area is 114 Å². The van der Waals surface area contributed by atoms with Crippen molar-refractivity contribution in [2.24, 2.45) is 5.92 Å². The van der Waals surface area contributed by atoms with Gasteiger partial charge in [0.2, 0.25) is 0 Å². The minimum absolute atomic E-state index is 0.181. The zero-order valence-corrected chi connectivity index (χ0v) is 11.2. The summed E-state index contributed by atoms with van der Waals surface area (Å²) in [4.78, 5) is 22.6. The largest absolute Gasteiger partial charge is 0.481 e. The van der Waals surface area contributed by atoms with Gasteiger partial charge >= 0.3 is 5.97 Å². The zero-order valence-electron chi connectivity index (χ0n) is 11.2. The molecule has 1 unspecified atom stereocenters. The number of amides is 1. The molecular weight excluding hydrogens is 272 g/mol. The van der Waals surface area contributed by atoms with Crippen LogP contribution in [-0.4, -0.2) is 33.2 Å². The van der Waals surface area contributed by atoms with Gasteiger partial charge in [-0.05, 0) is 18.4 Å². The van der Waals surface area contributed by atoms with Crippen molar-refractivity contribution >= 4 is 11.9 Å².